The van der Waals surface area contributed by atoms with Gasteiger partial charge in [0, 0.05) is 11.6 Å². The monoisotopic (exact) mass is 399 g/mol. The Morgan fingerprint density at radius 2 is 1.86 bits per heavy atom. The largest absolute Gasteiger partial charge is 0.454 e. The summed E-state index contributed by atoms with van der Waals surface area (Å²) in [5, 5.41) is 4.86. The van der Waals surface area contributed by atoms with E-state index < -0.39 is 5.97 Å². The summed E-state index contributed by atoms with van der Waals surface area (Å²) in [6.07, 6.45) is 2.82. The smallest absolute Gasteiger partial charge is 0.331 e. The first kappa shape index (κ1) is 19.3. The fourth-order valence-electron chi connectivity index (χ4n) is 2.47. The third kappa shape index (κ3) is 4.83. The van der Waals surface area contributed by atoms with Crippen molar-refractivity contribution in [2.24, 2.45) is 0 Å². The highest BCUT2D eigenvalue weighted by Gasteiger charge is 2.12. The molecule has 28 heavy (non-hydrogen) atoms. The van der Waals surface area contributed by atoms with Crippen molar-refractivity contribution in [1.29, 1.82) is 0 Å². The van der Waals surface area contributed by atoms with Crippen LogP contribution < -0.4 is 11.5 Å². The molecule has 1 aromatic carbocycles. The molecule has 9 nitrogen and oxygen atoms in total. The number of aromatic nitrogens is 5. The first-order valence-corrected chi connectivity index (χ1v) is 8.67. The number of anilines is 2. The first-order valence-electron chi connectivity index (χ1n) is 8.30. The molecule has 0 atom stereocenters. The Morgan fingerprint density at radius 1 is 1.18 bits per heavy atom. The molecule has 0 saturated carbocycles. The molecule has 144 valence electrons. The fraction of sp³-hybridized carbons (Fsp3) is 0.167. The lowest BCUT2D eigenvalue weighted by Gasteiger charge is -2.03. The van der Waals surface area contributed by atoms with Gasteiger partial charge in [0.15, 0.2) is 12.4 Å². The molecular formula is C18H18ClN7O2. The summed E-state index contributed by atoms with van der Waals surface area (Å²) in [7, 11) is 0. The Hall–Kier alpha value is -3.46. The predicted octanol–water partition coefficient (Wildman–Crippen LogP) is 2.00. The van der Waals surface area contributed by atoms with Crippen molar-refractivity contribution in [2.45, 2.75) is 20.1 Å². The van der Waals surface area contributed by atoms with Gasteiger partial charge in [-0.15, -0.1) is 0 Å². The molecule has 0 saturated heterocycles. The Kier molecular flexibility index (Phi) is 5.85. The van der Waals surface area contributed by atoms with E-state index in [0.717, 1.165) is 5.56 Å². The molecular weight excluding hydrogens is 382 g/mol. The topological polar surface area (TPSA) is 135 Å². The molecule has 2 aromatic heterocycles. The fourth-order valence-corrected chi connectivity index (χ4v) is 2.77. The van der Waals surface area contributed by atoms with Crippen molar-refractivity contribution in [2.75, 3.05) is 11.5 Å². The average Bonchev–Trinajstić information content (AvgIpc) is 2.91. The summed E-state index contributed by atoms with van der Waals surface area (Å²) in [6, 6.07) is 9.81. The SMILES string of the molecule is Cc1nn(Cc2ccccc2)c(Cl)c1/C=C/C(=O)OCc1nc(N)nc(N)n1. The van der Waals surface area contributed by atoms with Gasteiger partial charge >= 0.3 is 5.97 Å². The highest BCUT2D eigenvalue weighted by Crippen LogP contribution is 2.22. The van der Waals surface area contributed by atoms with Crippen molar-refractivity contribution in [1.82, 2.24) is 24.7 Å². The second-order valence-corrected chi connectivity index (χ2v) is 6.20. The van der Waals surface area contributed by atoms with E-state index in [4.69, 9.17) is 27.8 Å². The second-order valence-electron chi connectivity index (χ2n) is 5.84. The van der Waals surface area contributed by atoms with Gasteiger partial charge in [0.1, 0.15) is 5.15 Å². The normalized spacial score (nSPS) is 11.1. The Balaban J connectivity index is 1.65. The number of halogens is 1. The average molecular weight is 400 g/mol. The van der Waals surface area contributed by atoms with E-state index in [1.807, 2.05) is 37.3 Å². The number of carbonyl (C=O) groups excluding carboxylic acids is 1. The van der Waals surface area contributed by atoms with Crippen molar-refractivity contribution in [3.8, 4) is 0 Å². The number of ether oxygens (including phenoxy) is 1. The van der Waals surface area contributed by atoms with Crippen molar-refractivity contribution in [3.05, 3.63) is 64.2 Å². The van der Waals surface area contributed by atoms with Crippen LogP contribution in [0.5, 0.6) is 0 Å². The molecule has 4 N–H and O–H groups in total. The number of esters is 1. The van der Waals surface area contributed by atoms with Gasteiger partial charge in [-0.1, -0.05) is 41.9 Å². The van der Waals surface area contributed by atoms with Crippen molar-refractivity contribution < 1.29 is 9.53 Å². The van der Waals surface area contributed by atoms with Crippen LogP contribution in [0.25, 0.3) is 6.08 Å². The first-order chi connectivity index (χ1) is 13.4. The summed E-state index contributed by atoms with van der Waals surface area (Å²) in [5.74, 6) is -0.509. The van der Waals surface area contributed by atoms with Crippen LogP contribution in [-0.2, 0) is 22.7 Å². The second kappa shape index (κ2) is 8.49. The van der Waals surface area contributed by atoms with E-state index >= 15 is 0 Å². The van der Waals surface area contributed by atoms with Crippen molar-refractivity contribution >= 4 is 35.5 Å². The zero-order valence-electron chi connectivity index (χ0n) is 15.0. The van der Waals surface area contributed by atoms with Crippen LogP contribution >= 0.6 is 11.6 Å². The number of hydrogen-bond acceptors (Lipinski definition) is 8. The molecule has 0 unspecified atom stereocenters. The number of benzene rings is 1. The highest BCUT2D eigenvalue weighted by molar-refractivity contribution is 6.31. The standard InChI is InChI=1S/C18H18ClN7O2/c1-11-13(16(19)26(25-11)9-12-5-3-2-4-6-12)7-8-15(27)28-10-14-22-17(20)24-18(21)23-14/h2-8H,9-10H2,1H3,(H4,20,21,22,23,24)/b8-7+. The van der Waals surface area contributed by atoms with Crippen LogP contribution in [0, 0.1) is 6.92 Å². The number of rotatable bonds is 6. The number of nitrogens with zero attached hydrogens (tertiary/aromatic N) is 5. The minimum atomic E-state index is -0.594. The quantitative estimate of drug-likeness (QED) is 0.474. The number of hydrogen-bond donors (Lipinski definition) is 2. The van der Waals surface area contributed by atoms with E-state index in [0.29, 0.717) is 23.0 Å². The summed E-state index contributed by atoms with van der Waals surface area (Å²) in [4.78, 5) is 23.3. The molecule has 0 aliphatic carbocycles. The van der Waals surface area contributed by atoms with Gasteiger partial charge in [-0.2, -0.15) is 20.1 Å². The van der Waals surface area contributed by atoms with E-state index in [1.165, 1.54) is 6.08 Å². The van der Waals surface area contributed by atoms with E-state index in [2.05, 4.69) is 20.1 Å². The van der Waals surface area contributed by atoms with Crippen LogP contribution in [0.1, 0.15) is 22.6 Å². The molecule has 3 rings (SSSR count). The maximum Gasteiger partial charge on any atom is 0.331 e. The van der Waals surface area contributed by atoms with E-state index in [1.54, 1.807) is 10.8 Å². The summed E-state index contributed by atoms with van der Waals surface area (Å²) < 4.78 is 6.76. The molecule has 0 bridgehead atoms. The van der Waals surface area contributed by atoms with Crippen LogP contribution in [0.2, 0.25) is 5.15 Å². The van der Waals surface area contributed by atoms with Crippen LogP contribution in [-0.4, -0.2) is 30.7 Å². The Morgan fingerprint density at radius 3 is 2.54 bits per heavy atom. The lowest BCUT2D eigenvalue weighted by Crippen LogP contribution is -2.09. The van der Waals surface area contributed by atoms with Gasteiger partial charge in [0.2, 0.25) is 11.9 Å². The molecule has 0 fully saturated rings. The molecule has 0 spiro atoms. The maximum absolute atomic E-state index is 12.0. The minimum Gasteiger partial charge on any atom is -0.454 e. The van der Waals surface area contributed by atoms with Gasteiger partial charge in [-0.25, -0.2) is 9.48 Å². The highest BCUT2D eigenvalue weighted by atomic mass is 35.5. The number of carbonyl (C=O) groups is 1. The Labute approximate surface area is 166 Å². The van der Waals surface area contributed by atoms with E-state index in [9.17, 15) is 4.79 Å². The minimum absolute atomic E-state index is 0.0395. The van der Waals surface area contributed by atoms with Crippen LogP contribution in [0.15, 0.2) is 36.4 Å². The molecule has 2 heterocycles. The number of aryl methyl sites for hydroxylation is 1. The molecule has 0 aliphatic heterocycles. The van der Waals surface area contributed by atoms with Gasteiger partial charge in [0.05, 0.1) is 12.2 Å². The van der Waals surface area contributed by atoms with Crippen LogP contribution in [0.3, 0.4) is 0 Å². The lowest BCUT2D eigenvalue weighted by atomic mass is 10.2. The third-order valence-corrected chi connectivity index (χ3v) is 4.13. The molecule has 0 aliphatic rings. The molecule has 0 amide bonds. The van der Waals surface area contributed by atoms with Crippen LogP contribution in [0.4, 0.5) is 11.9 Å². The zero-order chi connectivity index (χ0) is 20.1. The zero-order valence-corrected chi connectivity index (χ0v) is 15.8. The Bertz CT molecular complexity index is 998. The predicted molar refractivity (Wildman–Crippen MR) is 105 cm³/mol. The van der Waals surface area contributed by atoms with Gasteiger partial charge in [0.25, 0.3) is 0 Å². The molecule has 0 radical (unpaired) electrons. The van der Waals surface area contributed by atoms with Gasteiger partial charge < -0.3 is 16.2 Å². The summed E-state index contributed by atoms with van der Waals surface area (Å²) in [6.45, 7) is 2.16. The van der Waals surface area contributed by atoms with Gasteiger partial charge in [-0.3, -0.25) is 0 Å². The van der Waals surface area contributed by atoms with Crippen molar-refractivity contribution in [3.63, 3.8) is 0 Å². The number of nitrogens with two attached hydrogens (primary N) is 2. The third-order valence-electron chi connectivity index (χ3n) is 3.73. The van der Waals surface area contributed by atoms with E-state index in [-0.39, 0.29) is 24.3 Å². The number of nitrogen functional groups attached to an aromatic ring is 2. The molecule has 3 aromatic rings. The summed E-state index contributed by atoms with van der Waals surface area (Å²) in [5.41, 5.74) is 13.3. The maximum atomic E-state index is 12.0. The lowest BCUT2D eigenvalue weighted by molar-refractivity contribution is -0.139. The van der Waals surface area contributed by atoms with Gasteiger partial charge in [-0.05, 0) is 18.6 Å². The molecule has 10 heteroatoms. The summed E-state index contributed by atoms with van der Waals surface area (Å²) >= 11 is 6.41.